The van der Waals surface area contributed by atoms with Gasteiger partial charge in [-0.2, -0.15) is 0 Å². The van der Waals surface area contributed by atoms with Crippen molar-refractivity contribution in [3.63, 3.8) is 0 Å². The van der Waals surface area contributed by atoms with Gasteiger partial charge in [0.05, 0.1) is 25.1 Å². The molecule has 8 nitrogen and oxygen atoms in total. The molecule has 29 heavy (non-hydrogen) atoms. The van der Waals surface area contributed by atoms with Crippen LogP contribution in [0, 0.1) is 6.92 Å². The van der Waals surface area contributed by atoms with Crippen molar-refractivity contribution < 1.29 is 4.74 Å². The lowest BCUT2D eigenvalue weighted by Gasteiger charge is -2.29. The van der Waals surface area contributed by atoms with Crippen molar-refractivity contribution in [2.24, 2.45) is 0 Å². The molecule has 3 aromatic heterocycles. The summed E-state index contributed by atoms with van der Waals surface area (Å²) in [5, 5.41) is 0. The van der Waals surface area contributed by atoms with Gasteiger partial charge in [0.1, 0.15) is 11.6 Å². The predicted octanol–water partition coefficient (Wildman–Crippen LogP) is 2.60. The maximum absolute atomic E-state index is 5.82. The topological polar surface area (TPSA) is 95.0 Å². The first-order chi connectivity index (χ1) is 14.2. The fourth-order valence-electron chi connectivity index (χ4n) is 3.65. The van der Waals surface area contributed by atoms with Crippen LogP contribution >= 0.6 is 0 Å². The zero-order chi connectivity index (χ0) is 19.8. The summed E-state index contributed by atoms with van der Waals surface area (Å²) in [6.07, 6.45) is 3.39. The molecule has 0 radical (unpaired) electrons. The van der Waals surface area contributed by atoms with Crippen LogP contribution in [0.2, 0.25) is 0 Å². The molecule has 0 bridgehead atoms. The van der Waals surface area contributed by atoms with Gasteiger partial charge in [0, 0.05) is 36.2 Å². The third-order valence-corrected chi connectivity index (χ3v) is 5.10. The number of hydrogen-bond acceptors (Lipinski definition) is 7. The monoisotopic (exact) mass is 387 g/mol. The van der Waals surface area contributed by atoms with Crippen LogP contribution in [-0.4, -0.2) is 50.8 Å². The Balaban J connectivity index is 1.55. The first kappa shape index (κ1) is 17.6. The number of nitrogen functional groups attached to an aromatic ring is 1. The molecule has 1 fully saturated rings. The Hall–Kier alpha value is -3.52. The van der Waals surface area contributed by atoms with E-state index in [4.69, 9.17) is 15.5 Å². The number of pyridine rings is 1. The van der Waals surface area contributed by atoms with E-state index in [0.29, 0.717) is 11.5 Å². The smallest absolute Gasteiger partial charge is 0.198 e. The third kappa shape index (κ3) is 3.27. The van der Waals surface area contributed by atoms with Crippen LogP contribution in [0.25, 0.3) is 28.2 Å². The zero-order valence-corrected chi connectivity index (χ0v) is 16.1. The number of anilines is 2. The van der Waals surface area contributed by atoms with Crippen LogP contribution in [0.3, 0.4) is 0 Å². The first-order valence-electron chi connectivity index (χ1n) is 9.56. The highest BCUT2D eigenvalue weighted by Gasteiger charge is 2.15. The fraction of sp³-hybridized carbons (Fsp3) is 0.238. The summed E-state index contributed by atoms with van der Waals surface area (Å²) in [5.41, 5.74) is 11.0. The molecule has 0 amide bonds. The number of rotatable bonds is 3. The van der Waals surface area contributed by atoms with Crippen molar-refractivity contribution in [2.75, 3.05) is 36.9 Å². The number of morpholine rings is 1. The van der Waals surface area contributed by atoms with E-state index in [-0.39, 0.29) is 0 Å². The molecule has 0 saturated carbocycles. The Morgan fingerprint density at radius 3 is 2.48 bits per heavy atom. The number of benzene rings is 1. The molecule has 5 rings (SSSR count). The lowest BCUT2D eigenvalue weighted by molar-refractivity contribution is 0.122. The van der Waals surface area contributed by atoms with Gasteiger partial charge in [-0.15, -0.1) is 0 Å². The lowest BCUT2D eigenvalue weighted by atomic mass is 10.2. The predicted molar refractivity (Wildman–Crippen MR) is 112 cm³/mol. The van der Waals surface area contributed by atoms with Gasteiger partial charge < -0.3 is 15.4 Å². The number of aryl methyl sites for hydroxylation is 1. The number of fused-ring (bicyclic) bond motifs is 1. The number of aromatic nitrogens is 5. The molecule has 0 spiro atoms. The highest BCUT2D eigenvalue weighted by atomic mass is 16.5. The molecule has 1 aliphatic heterocycles. The van der Waals surface area contributed by atoms with Crippen molar-refractivity contribution in [3.8, 4) is 16.9 Å². The Labute approximate surface area is 168 Å². The molecule has 4 heterocycles. The summed E-state index contributed by atoms with van der Waals surface area (Å²) in [5.74, 6) is 1.29. The minimum absolute atomic E-state index is 0.452. The number of ether oxygens (including phenoxy) is 1. The number of hydrogen-bond donors (Lipinski definition) is 1. The molecule has 2 N–H and O–H groups in total. The van der Waals surface area contributed by atoms with E-state index in [1.807, 2.05) is 17.6 Å². The van der Waals surface area contributed by atoms with Crippen LogP contribution in [-0.2, 0) is 4.74 Å². The van der Waals surface area contributed by atoms with Gasteiger partial charge >= 0.3 is 0 Å². The van der Waals surface area contributed by atoms with E-state index in [1.165, 1.54) is 5.69 Å². The van der Waals surface area contributed by atoms with Crippen LogP contribution in [0.4, 0.5) is 11.5 Å². The first-order valence-corrected chi connectivity index (χ1v) is 9.56. The van der Waals surface area contributed by atoms with Gasteiger partial charge in [0.2, 0.25) is 0 Å². The average molecular weight is 387 g/mol. The van der Waals surface area contributed by atoms with Gasteiger partial charge in [0.15, 0.2) is 11.3 Å². The molecule has 1 aliphatic rings. The molecular formula is C21H21N7O. The molecule has 0 aliphatic carbocycles. The quantitative estimate of drug-likeness (QED) is 0.577. The Kier molecular flexibility index (Phi) is 4.33. The second kappa shape index (κ2) is 7.14. The van der Waals surface area contributed by atoms with Crippen molar-refractivity contribution in [2.45, 2.75) is 6.92 Å². The molecule has 146 valence electrons. The summed E-state index contributed by atoms with van der Waals surface area (Å²) in [6, 6.07) is 12.1. The lowest BCUT2D eigenvalue weighted by Crippen LogP contribution is -2.36. The van der Waals surface area contributed by atoms with E-state index in [9.17, 15) is 0 Å². The maximum Gasteiger partial charge on any atom is 0.198 e. The van der Waals surface area contributed by atoms with Gasteiger partial charge in [-0.05, 0) is 43.3 Å². The summed E-state index contributed by atoms with van der Waals surface area (Å²) < 4.78 is 7.47. The number of nitrogens with two attached hydrogens (primary N) is 1. The second-order valence-corrected chi connectivity index (χ2v) is 6.98. The van der Waals surface area contributed by atoms with E-state index in [0.717, 1.165) is 54.7 Å². The van der Waals surface area contributed by atoms with Gasteiger partial charge in [-0.3, -0.25) is 4.57 Å². The van der Waals surface area contributed by atoms with E-state index in [2.05, 4.69) is 44.1 Å². The normalized spacial score (nSPS) is 14.4. The van der Waals surface area contributed by atoms with Crippen molar-refractivity contribution in [1.82, 2.24) is 24.5 Å². The minimum Gasteiger partial charge on any atom is -0.384 e. The van der Waals surface area contributed by atoms with E-state index >= 15 is 0 Å². The highest BCUT2D eigenvalue weighted by Crippen LogP contribution is 2.25. The zero-order valence-electron chi connectivity index (χ0n) is 16.1. The molecule has 8 heteroatoms. The Morgan fingerprint density at radius 1 is 0.966 bits per heavy atom. The molecule has 1 aromatic carbocycles. The Morgan fingerprint density at radius 2 is 1.72 bits per heavy atom. The van der Waals surface area contributed by atoms with Crippen molar-refractivity contribution >= 4 is 22.8 Å². The van der Waals surface area contributed by atoms with Gasteiger partial charge in [0.25, 0.3) is 0 Å². The summed E-state index contributed by atoms with van der Waals surface area (Å²) in [7, 11) is 0. The summed E-state index contributed by atoms with van der Waals surface area (Å²) in [4.78, 5) is 20.3. The fourth-order valence-corrected chi connectivity index (χ4v) is 3.65. The van der Waals surface area contributed by atoms with Crippen LogP contribution in [0.5, 0.6) is 0 Å². The highest BCUT2D eigenvalue weighted by molar-refractivity contribution is 5.74. The number of imidazole rings is 1. The van der Waals surface area contributed by atoms with Crippen LogP contribution in [0.15, 0.2) is 48.8 Å². The Bertz CT molecular complexity index is 1160. The van der Waals surface area contributed by atoms with Crippen LogP contribution < -0.4 is 10.6 Å². The SMILES string of the molecule is Cc1nc2ncc(-c3ccnc(N)c3)nc2n1-c1ccc(N2CCOCC2)cc1. The maximum atomic E-state index is 5.82. The van der Waals surface area contributed by atoms with Crippen LogP contribution in [0.1, 0.15) is 5.82 Å². The minimum atomic E-state index is 0.452. The summed E-state index contributed by atoms with van der Waals surface area (Å²) >= 11 is 0. The van der Waals surface area contributed by atoms with E-state index < -0.39 is 0 Å². The molecular weight excluding hydrogens is 366 g/mol. The van der Waals surface area contributed by atoms with Gasteiger partial charge in [-0.1, -0.05) is 0 Å². The third-order valence-electron chi connectivity index (χ3n) is 5.10. The van der Waals surface area contributed by atoms with E-state index in [1.54, 1.807) is 18.5 Å². The molecule has 0 unspecified atom stereocenters. The molecule has 4 aromatic rings. The van der Waals surface area contributed by atoms with Crippen molar-refractivity contribution in [1.29, 1.82) is 0 Å². The number of nitrogens with zero attached hydrogens (tertiary/aromatic N) is 6. The van der Waals surface area contributed by atoms with Crippen molar-refractivity contribution in [3.05, 3.63) is 54.6 Å². The van der Waals surface area contributed by atoms with Gasteiger partial charge in [-0.25, -0.2) is 19.9 Å². The molecule has 0 atom stereocenters. The average Bonchev–Trinajstić information content (AvgIpc) is 3.09. The summed E-state index contributed by atoms with van der Waals surface area (Å²) in [6.45, 7) is 5.33. The largest absolute Gasteiger partial charge is 0.384 e. The standard InChI is InChI=1S/C21H21N7O/c1-14-25-20-21(26-18(13-24-20)15-6-7-23-19(22)12-15)28(14)17-4-2-16(3-5-17)27-8-10-29-11-9-27/h2-7,12-13H,8-11H2,1H3,(H2,22,23). The second-order valence-electron chi connectivity index (χ2n) is 6.98. The molecule has 1 saturated heterocycles.